The van der Waals surface area contributed by atoms with Crippen LogP contribution in [0, 0.1) is 0 Å². The Morgan fingerprint density at radius 1 is 1.12 bits per heavy atom. The number of fused-ring (bicyclic) bond motifs is 1. The molecule has 1 aliphatic rings. The van der Waals surface area contributed by atoms with Gasteiger partial charge in [0.2, 0.25) is 0 Å². The van der Waals surface area contributed by atoms with Gasteiger partial charge in [-0.15, -0.1) is 24.0 Å². The molecule has 0 aliphatic carbocycles. The number of piperazine rings is 1. The number of halogens is 1. The van der Waals surface area contributed by atoms with Gasteiger partial charge in [-0.25, -0.2) is 9.98 Å². The number of aliphatic imine (C=N–C) groups is 1. The number of guanidine groups is 1. The summed E-state index contributed by atoms with van der Waals surface area (Å²) in [6.07, 6.45) is 4.94. The predicted molar refractivity (Wildman–Crippen MR) is 144 cm³/mol. The number of aromatic amines is 1. The third-order valence-corrected chi connectivity index (χ3v) is 5.76. The molecule has 0 saturated carbocycles. The third kappa shape index (κ3) is 6.35. The first-order chi connectivity index (χ1) is 15.2. The molecule has 1 aliphatic heterocycles. The third-order valence-electron chi connectivity index (χ3n) is 5.76. The summed E-state index contributed by atoms with van der Waals surface area (Å²) in [6.45, 7) is 8.59. The van der Waals surface area contributed by atoms with E-state index in [0.29, 0.717) is 6.54 Å². The molecule has 0 atom stereocenters. The predicted octanol–water partition coefficient (Wildman–Crippen LogP) is 3.23. The smallest absolute Gasteiger partial charge is 0.191 e. The topological polar surface area (TPSA) is 71.6 Å². The molecule has 2 aromatic heterocycles. The number of nitrogens with one attached hydrogen (secondary N) is 3. The fourth-order valence-corrected chi connectivity index (χ4v) is 3.93. The molecule has 8 heteroatoms. The van der Waals surface area contributed by atoms with E-state index in [9.17, 15) is 0 Å². The molecule has 0 bridgehead atoms. The molecular formula is C24H34IN7. The molecule has 3 N–H and O–H groups in total. The summed E-state index contributed by atoms with van der Waals surface area (Å²) in [5.41, 5.74) is 3.69. The van der Waals surface area contributed by atoms with Crippen molar-refractivity contribution in [3.05, 3.63) is 59.9 Å². The van der Waals surface area contributed by atoms with Crippen molar-refractivity contribution in [3.8, 4) is 0 Å². The largest absolute Gasteiger partial charge is 0.361 e. The molecule has 1 aromatic carbocycles. The number of para-hydroxylation sites is 1. The quantitative estimate of drug-likeness (QED) is 0.241. The maximum Gasteiger partial charge on any atom is 0.191 e. The molecule has 3 aromatic rings. The number of hydrogen-bond acceptors (Lipinski definition) is 4. The van der Waals surface area contributed by atoms with E-state index in [1.54, 1.807) is 0 Å². The van der Waals surface area contributed by atoms with E-state index in [2.05, 4.69) is 87.0 Å². The van der Waals surface area contributed by atoms with Gasteiger partial charge in [-0.2, -0.15) is 0 Å². The van der Waals surface area contributed by atoms with Crippen LogP contribution in [0.1, 0.15) is 18.1 Å². The monoisotopic (exact) mass is 547 g/mol. The van der Waals surface area contributed by atoms with Gasteiger partial charge in [-0.05, 0) is 49.7 Å². The molecule has 4 rings (SSSR count). The van der Waals surface area contributed by atoms with Gasteiger partial charge in [0, 0.05) is 62.6 Å². The highest BCUT2D eigenvalue weighted by Crippen LogP contribution is 2.18. The van der Waals surface area contributed by atoms with E-state index in [1.165, 1.54) is 22.0 Å². The Morgan fingerprint density at radius 2 is 1.94 bits per heavy atom. The Kier molecular flexibility index (Phi) is 9.16. The number of anilines is 1. The van der Waals surface area contributed by atoms with Crippen LogP contribution in [0.15, 0.2) is 53.8 Å². The van der Waals surface area contributed by atoms with Crippen molar-refractivity contribution in [1.82, 2.24) is 25.5 Å². The summed E-state index contributed by atoms with van der Waals surface area (Å²) in [4.78, 5) is 17.4. The van der Waals surface area contributed by atoms with Crippen LogP contribution in [0.3, 0.4) is 0 Å². The second-order valence-corrected chi connectivity index (χ2v) is 8.04. The van der Waals surface area contributed by atoms with Crippen LogP contribution < -0.4 is 15.5 Å². The lowest BCUT2D eigenvalue weighted by Crippen LogP contribution is -2.44. The average Bonchev–Trinajstić information content (AvgIpc) is 3.21. The Hall–Kier alpha value is -2.33. The summed E-state index contributed by atoms with van der Waals surface area (Å²) < 4.78 is 0. The lowest BCUT2D eigenvalue weighted by Gasteiger charge is -2.33. The molecule has 0 unspecified atom stereocenters. The first-order valence-electron chi connectivity index (χ1n) is 11.2. The number of hydrogen-bond donors (Lipinski definition) is 3. The number of pyridine rings is 1. The Labute approximate surface area is 207 Å². The maximum absolute atomic E-state index is 4.80. The zero-order valence-electron chi connectivity index (χ0n) is 19.0. The minimum Gasteiger partial charge on any atom is -0.361 e. The Balaban J connectivity index is 0.00000289. The van der Waals surface area contributed by atoms with Gasteiger partial charge in [0.15, 0.2) is 5.96 Å². The number of benzene rings is 1. The Bertz CT molecular complexity index is 1010. The molecular weight excluding hydrogens is 513 g/mol. The zero-order chi connectivity index (χ0) is 21.5. The highest BCUT2D eigenvalue weighted by Gasteiger charge is 2.15. The van der Waals surface area contributed by atoms with Gasteiger partial charge in [-0.3, -0.25) is 0 Å². The first kappa shape index (κ1) is 24.3. The van der Waals surface area contributed by atoms with Gasteiger partial charge in [0.25, 0.3) is 0 Å². The van der Waals surface area contributed by atoms with Crippen molar-refractivity contribution >= 4 is 46.7 Å². The number of aromatic nitrogens is 2. The van der Waals surface area contributed by atoms with Gasteiger partial charge < -0.3 is 25.4 Å². The molecule has 0 amide bonds. The van der Waals surface area contributed by atoms with E-state index in [0.717, 1.165) is 57.5 Å². The highest BCUT2D eigenvalue weighted by molar-refractivity contribution is 14.0. The van der Waals surface area contributed by atoms with Crippen LogP contribution in [0.5, 0.6) is 0 Å². The SMILES string of the molecule is CCNC(=NCc1ccnc(N2CCN(C)CC2)c1)NCCc1c[nH]c2ccccc12.I. The maximum atomic E-state index is 4.80. The van der Waals surface area contributed by atoms with Crippen molar-refractivity contribution in [2.24, 2.45) is 4.99 Å². The number of rotatable bonds is 7. The standard InChI is InChI=1S/C24H33N7.HI/c1-3-25-24(27-11-9-20-18-28-22-7-5-4-6-21(20)22)29-17-19-8-10-26-23(16-19)31-14-12-30(2)13-15-31;/h4-8,10,16,18,28H,3,9,11-15,17H2,1-2H3,(H2,25,27,29);1H. The molecule has 1 saturated heterocycles. The molecule has 7 nitrogen and oxygen atoms in total. The fraction of sp³-hybridized carbons (Fsp3) is 0.417. The highest BCUT2D eigenvalue weighted by atomic mass is 127. The van der Waals surface area contributed by atoms with Gasteiger partial charge in [-0.1, -0.05) is 18.2 Å². The minimum absolute atomic E-state index is 0. The van der Waals surface area contributed by atoms with Crippen LogP contribution in [-0.4, -0.2) is 67.1 Å². The molecule has 1 fully saturated rings. The van der Waals surface area contributed by atoms with Crippen molar-refractivity contribution < 1.29 is 0 Å². The summed E-state index contributed by atoms with van der Waals surface area (Å²) in [6, 6.07) is 12.7. The first-order valence-corrected chi connectivity index (χ1v) is 11.2. The van der Waals surface area contributed by atoms with Crippen LogP contribution in [0.25, 0.3) is 10.9 Å². The normalized spacial score (nSPS) is 14.9. The summed E-state index contributed by atoms with van der Waals surface area (Å²) in [7, 11) is 2.17. The van der Waals surface area contributed by atoms with Crippen LogP contribution >= 0.6 is 24.0 Å². The molecule has 32 heavy (non-hydrogen) atoms. The van der Waals surface area contributed by atoms with Gasteiger partial charge >= 0.3 is 0 Å². The summed E-state index contributed by atoms with van der Waals surface area (Å²) >= 11 is 0. The number of H-pyrrole nitrogens is 1. The second-order valence-electron chi connectivity index (χ2n) is 8.04. The second kappa shape index (κ2) is 12.1. The Morgan fingerprint density at radius 3 is 2.75 bits per heavy atom. The number of likely N-dealkylation sites (N-methyl/N-ethyl adjacent to an activating group) is 1. The summed E-state index contributed by atoms with van der Waals surface area (Å²) in [5, 5.41) is 8.11. The summed E-state index contributed by atoms with van der Waals surface area (Å²) in [5.74, 6) is 1.90. The fourth-order valence-electron chi connectivity index (χ4n) is 3.93. The molecule has 0 spiro atoms. The van der Waals surface area contributed by atoms with Crippen molar-refractivity contribution in [2.75, 3.05) is 51.2 Å². The van der Waals surface area contributed by atoms with E-state index in [1.807, 2.05) is 6.20 Å². The van der Waals surface area contributed by atoms with E-state index < -0.39 is 0 Å². The van der Waals surface area contributed by atoms with Crippen LogP contribution in [0.2, 0.25) is 0 Å². The molecule has 0 radical (unpaired) electrons. The molecule has 3 heterocycles. The van der Waals surface area contributed by atoms with Crippen molar-refractivity contribution in [3.63, 3.8) is 0 Å². The van der Waals surface area contributed by atoms with Gasteiger partial charge in [0.05, 0.1) is 6.54 Å². The zero-order valence-corrected chi connectivity index (χ0v) is 21.3. The average molecular weight is 547 g/mol. The lowest BCUT2D eigenvalue weighted by atomic mass is 10.1. The minimum atomic E-state index is 0. The van der Waals surface area contributed by atoms with Gasteiger partial charge in [0.1, 0.15) is 5.82 Å². The molecule has 172 valence electrons. The van der Waals surface area contributed by atoms with Crippen molar-refractivity contribution in [2.45, 2.75) is 19.9 Å². The number of nitrogens with zero attached hydrogens (tertiary/aromatic N) is 4. The van der Waals surface area contributed by atoms with Crippen molar-refractivity contribution in [1.29, 1.82) is 0 Å². The van der Waals surface area contributed by atoms with E-state index in [-0.39, 0.29) is 24.0 Å². The lowest BCUT2D eigenvalue weighted by molar-refractivity contribution is 0.312. The van der Waals surface area contributed by atoms with Crippen LogP contribution in [-0.2, 0) is 13.0 Å². The van der Waals surface area contributed by atoms with E-state index >= 15 is 0 Å². The van der Waals surface area contributed by atoms with E-state index in [4.69, 9.17) is 4.99 Å². The van der Waals surface area contributed by atoms with Crippen LogP contribution in [0.4, 0.5) is 5.82 Å².